The molecular formula is C23H27N5O3. The Hall–Kier alpha value is -3.42. The normalized spacial score (nSPS) is 23.5. The molecule has 0 aliphatic carbocycles. The minimum absolute atomic E-state index is 0.0286. The van der Waals surface area contributed by atoms with Gasteiger partial charge in [0.1, 0.15) is 11.4 Å². The smallest absolute Gasteiger partial charge is 0.322 e. The summed E-state index contributed by atoms with van der Waals surface area (Å²) in [5, 5.41) is 4.89. The van der Waals surface area contributed by atoms with Crippen molar-refractivity contribution in [3.05, 3.63) is 58.8 Å². The van der Waals surface area contributed by atoms with Crippen LogP contribution in [0.15, 0.2) is 36.5 Å². The van der Waals surface area contributed by atoms with Crippen molar-refractivity contribution in [1.29, 1.82) is 0 Å². The van der Waals surface area contributed by atoms with E-state index < -0.39 is 17.5 Å². The number of aromatic nitrogens is 1. The van der Waals surface area contributed by atoms with Crippen LogP contribution in [0.5, 0.6) is 0 Å². The molecule has 162 valence electrons. The summed E-state index contributed by atoms with van der Waals surface area (Å²) in [6, 6.07) is 8.51. The summed E-state index contributed by atoms with van der Waals surface area (Å²) in [5.74, 6) is 0.526. The highest BCUT2D eigenvalue weighted by atomic mass is 16.2. The number of hydrogen-bond acceptors (Lipinski definition) is 5. The zero-order valence-corrected chi connectivity index (χ0v) is 18.2. The number of imide groups is 1. The number of anilines is 1. The van der Waals surface area contributed by atoms with E-state index in [2.05, 4.69) is 33.5 Å². The molecule has 2 aliphatic heterocycles. The van der Waals surface area contributed by atoms with Gasteiger partial charge >= 0.3 is 6.03 Å². The molecule has 8 heteroatoms. The zero-order chi connectivity index (χ0) is 22.3. The minimum atomic E-state index is -1.13. The quantitative estimate of drug-likeness (QED) is 0.741. The van der Waals surface area contributed by atoms with Gasteiger partial charge in [-0.05, 0) is 56.5 Å². The average Bonchev–Trinajstić information content (AvgIpc) is 3.00. The maximum absolute atomic E-state index is 13.1. The number of pyridine rings is 1. The van der Waals surface area contributed by atoms with Crippen molar-refractivity contribution >= 4 is 23.7 Å². The molecule has 0 bridgehead atoms. The van der Waals surface area contributed by atoms with Crippen molar-refractivity contribution in [2.45, 2.75) is 39.3 Å². The Labute approximate surface area is 181 Å². The molecule has 2 aliphatic rings. The van der Waals surface area contributed by atoms with E-state index in [1.807, 2.05) is 24.9 Å². The highest BCUT2D eigenvalue weighted by molar-refractivity contribution is 6.07. The molecule has 4 amide bonds. The maximum Gasteiger partial charge on any atom is 0.322 e. The Bertz CT molecular complexity index is 1050. The lowest BCUT2D eigenvalue weighted by Gasteiger charge is -2.41. The molecule has 0 spiro atoms. The second-order valence-electron chi connectivity index (χ2n) is 8.56. The number of piperazine rings is 1. The Kier molecular flexibility index (Phi) is 5.16. The molecule has 4 rings (SSSR count). The molecule has 2 atom stereocenters. The fourth-order valence-corrected chi connectivity index (χ4v) is 4.35. The first-order valence-electron chi connectivity index (χ1n) is 10.4. The van der Waals surface area contributed by atoms with E-state index in [9.17, 15) is 14.4 Å². The van der Waals surface area contributed by atoms with Crippen LogP contribution in [0, 0.1) is 13.8 Å². The molecule has 3 heterocycles. The second kappa shape index (κ2) is 7.68. The van der Waals surface area contributed by atoms with Crippen LogP contribution < -0.4 is 15.5 Å². The molecule has 1 aromatic carbocycles. The fraction of sp³-hybridized carbons (Fsp3) is 0.391. The van der Waals surface area contributed by atoms with Gasteiger partial charge in [-0.25, -0.2) is 9.78 Å². The van der Waals surface area contributed by atoms with Crippen LogP contribution in [-0.2, 0) is 10.3 Å². The first-order chi connectivity index (χ1) is 14.7. The zero-order valence-electron chi connectivity index (χ0n) is 18.2. The number of nitrogens with zero attached hydrogens (tertiary/aromatic N) is 3. The van der Waals surface area contributed by atoms with Crippen LogP contribution in [0.1, 0.15) is 40.9 Å². The number of urea groups is 1. The highest BCUT2D eigenvalue weighted by Gasteiger charge is 2.43. The van der Waals surface area contributed by atoms with E-state index in [0.29, 0.717) is 24.2 Å². The number of rotatable bonds is 3. The lowest BCUT2D eigenvalue weighted by Crippen LogP contribution is -2.54. The van der Waals surface area contributed by atoms with Gasteiger partial charge in [0.25, 0.3) is 11.8 Å². The van der Waals surface area contributed by atoms with Crippen LogP contribution in [-0.4, -0.2) is 53.4 Å². The maximum atomic E-state index is 13.1. The first-order valence-corrected chi connectivity index (χ1v) is 10.4. The number of carbonyl (C=O) groups excluding carboxylic acids is 3. The number of benzene rings is 1. The highest BCUT2D eigenvalue weighted by Crippen LogP contribution is 2.26. The van der Waals surface area contributed by atoms with Crippen molar-refractivity contribution in [2.24, 2.45) is 0 Å². The molecule has 0 unspecified atom stereocenters. The van der Waals surface area contributed by atoms with E-state index in [0.717, 1.165) is 23.5 Å². The van der Waals surface area contributed by atoms with Crippen LogP contribution in [0.2, 0.25) is 0 Å². The molecule has 0 radical (unpaired) electrons. The average molecular weight is 422 g/mol. The SMILES string of the molecule is Cc1cnc(N2CCN(C(=O)c3ccc([C@@]4(C)NC(=O)NC4=O)cc3)[C@H](C)C2)c(C)c1. The van der Waals surface area contributed by atoms with E-state index >= 15 is 0 Å². The van der Waals surface area contributed by atoms with E-state index in [1.165, 1.54) is 0 Å². The van der Waals surface area contributed by atoms with Gasteiger partial charge in [0.15, 0.2) is 0 Å². The van der Waals surface area contributed by atoms with Crippen molar-refractivity contribution in [3.63, 3.8) is 0 Å². The molecule has 2 N–H and O–H groups in total. The molecule has 8 nitrogen and oxygen atoms in total. The van der Waals surface area contributed by atoms with E-state index in [1.54, 1.807) is 31.2 Å². The monoisotopic (exact) mass is 421 g/mol. The summed E-state index contributed by atoms with van der Waals surface area (Å²) in [5.41, 5.74) is 2.33. The molecule has 2 saturated heterocycles. The summed E-state index contributed by atoms with van der Waals surface area (Å²) in [6.45, 7) is 9.81. The predicted molar refractivity (Wildman–Crippen MR) is 117 cm³/mol. The number of hydrogen-bond donors (Lipinski definition) is 2. The van der Waals surface area contributed by atoms with Gasteiger partial charge in [0.2, 0.25) is 0 Å². The number of carbonyl (C=O) groups is 3. The van der Waals surface area contributed by atoms with E-state index in [4.69, 9.17) is 0 Å². The summed E-state index contributed by atoms with van der Waals surface area (Å²) >= 11 is 0. The standard InChI is InChI=1S/C23H27N5O3/c1-14-11-15(2)19(24-12-14)27-9-10-28(16(3)13-27)20(29)17-5-7-18(8-6-17)23(4)21(30)25-22(31)26-23/h5-8,11-12,16H,9-10,13H2,1-4H3,(H2,25,26,30,31)/t16-,23-/m1/s1. The Balaban J connectivity index is 1.46. The predicted octanol–water partition coefficient (Wildman–Crippen LogP) is 2.10. The summed E-state index contributed by atoms with van der Waals surface area (Å²) in [6.07, 6.45) is 1.87. The molecule has 2 fully saturated rings. The Morgan fingerprint density at radius 3 is 2.45 bits per heavy atom. The molecule has 0 saturated carbocycles. The third-order valence-electron chi connectivity index (χ3n) is 6.13. The van der Waals surface area contributed by atoms with Gasteiger partial charge in [0, 0.05) is 37.4 Å². The molecule has 31 heavy (non-hydrogen) atoms. The van der Waals surface area contributed by atoms with Crippen LogP contribution >= 0.6 is 0 Å². The van der Waals surface area contributed by atoms with Crippen LogP contribution in [0.3, 0.4) is 0 Å². The Morgan fingerprint density at radius 1 is 1.16 bits per heavy atom. The number of nitrogens with one attached hydrogen (secondary N) is 2. The topological polar surface area (TPSA) is 94.6 Å². The van der Waals surface area contributed by atoms with Crippen LogP contribution in [0.25, 0.3) is 0 Å². The van der Waals surface area contributed by atoms with Crippen molar-refractivity contribution < 1.29 is 14.4 Å². The van der Waals surface area contributed by atoms with Crippen molar-refractivity contribution in [1.82, 2.24) is 20.5 Å². The lowest BCUT2D eigenvalue weighted by atomic mass is 9.91. The summed E-state index contributed by atoms with van der Waals surface area (Å²) < 4.78 is 0. The largest absolute Gasteiger partial charge is 0.353 e. The first kappa shape index (κ1) is 20.8. The lowest BCUT2D eigenvalue weighted by molar-refractivity contribution is -0.123. The number of aryl methyl sites for hydroxylation is 2. The molecular weight excluding hydrogens is 394 g/mol. The third-order valence-corrected chi connectivity index (χ3v) is 6.13. The van der Waals surface area contributed by atoms with Gasteiger partial charge in [-0.3, -0.25) is 14.9 Å². The van der Waals surface area contributed by atoms with Crippen molar-refractivity contribution in [3.8, 4) is 0 Å². The fourth-order valence-electron chi connectivity index (χ4n) is 4.35. The Morgan fingerprint density at radius 2 is 1.87 bits per heavy atom. The third kappa shape index (κ3) is 3.73. The second-order valence-corrected chi connectivity index (χ2v) is 8.56. The van der Waals surface area contributed by atoms with Gasteiger partial charge in [-0.2, -0.15) is 0 Å². The number of amides is 4. The van der Waals surface area contributed by atoms with Gasteiger partial charge < -0.3 is 15.1 Å². The van der Waals surface area contributed by atoms with E-state index in [-0.39, 0.29) is 11.9 Å². The van der Waals surface area contributed by atoms with Gasteiger partial charge in [0.05, 0.1) is 0 Å². The minimum Gasteiger partial charge on any atom is -0.353 e. The van der Waals surface area contributed by atoms with Crippen LogP contribution in [0.4, 0.5) is 10.6 Å². The van der Waals surface area contributed by atoms with Gasteiger partial charge in [-0.15, -0.1) is 0 Å². The molecule has 2 aromatic rings. The van der Waals surface area contributed by atoms with Crippen molar-refractivity contribution in [2.75, 3.05) is 24.5 Å². The molecule has 1 aromatic heterocycles. The summed E-state index contributed by atoms with van der Waals surface area (Å²) in [4.78, 5) is 45.5. The van der Waals surface area contributed by atoms with Gasteiger partial charge in [-0.1, -0.05) is 18.2 Å². The summed E-state index contributed by atoms with van der Waals surface area (Å²) in [7, 11) is 0.